The van der Waals surface area contributed by atoms with Crippen molar-refractivity contribution < 1.29 is 22.4 Å². The number of carbonyl (C=O) groups is 1. The van der Waals surface area contributed by atoms with Crippen molar-refractivity contribution in [2.24, 2.45) is 0 Å². The minimum absolute atomic E-state index is 0.0947. The van der Waals surface area contributed by atoms with Crippen LogP contribution in [0, 0.1) is 0 Å². The van der Waals surface area contributed by atoms with E-state index in [1.54, 1.807) is 16.8 Å². The van der Waals surface area contributed by atoms with Gasteiger partial charge in [0, 0.05) is 6.54 Å². The van der Waals surface area contributed by atoms with E-state index in [9.17, 15) is 18.0 Å². The highest BCUT2D eigenvalue weighted by Gasteiger charge is 2.34. The second-order valence-corrected chi connectivity index (χ2v) is 4.67. The Bertz CT molecular complexity index is 520. The van der Waals surface area contributed by atoms with Gasteiger partial charge in [-0.05, 0) is 34.5 Å². The first-order valence-electron chi connectivity index (χ1n) is 5.36. The summed E-state index contributed by atoms with van der Waals surface area (Å²) in [5, 5.41) is 3.46. The van der Waals surface area contributed by atoms with E-state index in [2.05, 4.69) is 0 Å². The molecule has 0 bridgehead atoms. The maximum Gasteiger partial charge on any atom is 0.406 e. The van der Waals surface area contributed by atoms with E-state index in [0.29, 0.717) is 5.56 Å². The molecule has 2 aromatic rings. The topological polar surface area (TPSA) is 33.5 Å². The van der Waals surface area contributed by atoms with Gasteiger partial charge in [-0.3, -0.25) is 4.79 Å². The van der Waals surface area contributed by atoms with Crippen molar-refractivity contribution >= 4 is 17.2 Å². The monoisotopic (exact) mass is 289 g/mol. The number of thiophene rings is 1. The summed E-state index contributed by atoms with van der Waals surface area (Å²) in [6.07, 6.45) is -3.19. The fourth-order valence-electron chi connectivity index (χ4n) is 1.58. The zero-order chi connectivity index (χ0) is 13.9. The molecule has 0 aliphatic rings. The van der Waals surface area contributed by atoms with Crippen molar-refractivity contribution in [2.45, 2.75) is 12.7 Å². The standard InChI is InChI=1S/C12H10F3NO2S/c13-12(14,15)8-16(6-9-3-5-19-7-9)11(17)10-2-1-4-18-10/h1-5,7H,6,8H2. The van der Waals surface area contributed by atoms with Gasteiger partial charge in [0.2, 0.25) is 0 Å². The first-order valence-corrected chi connectivity index (χ1v) is 6.30. The first kappa shape index (κ1) is 13.7. The Morgan fingerprint density at radius 2 is 2.16 bits per heavy atom. The minimum Gasteiger partial charge on any atom is -0.459 e. The number of alkyl halides is 3. The van der Waals surface area contributed by atoms with Gasteiger partial charge in [0.1, 0.15) is 6.54 Å². The third kappa shape index (κ3) is 3.85. The van der Waals surface area contributed by atoms with Crippen LogP contribution in [0.1, 0.15) is 16.1 Å². The third-order valence-corrected chi connectivity index (χ3v) is 3.07. The fourth-order valence-corrected chi connectivity index (χ4v) is 2.23. The summed E-state index contributed by atoms with van der Waals surface area (Å²) in [6, 6.07) is 4.49. The zero-order valence-corrected chi connectivity index (χ0v) is 10.5. The Kier molecular flexibility index (Phi) is 3.94. The highest BCUT2D eigenvalue weighted by Crippen LogP contribution is 2.21. The average molecular weight is 289 g/mol. The summed E-state index contributed by atoms with van der Waals surface area (Å²) in [5.41, 5.74) is 0.661. The van der Waals surface area contributed by atoms with Gasteiger partial charge in [0.25, 0.3) is 5.91 Å². The fraction of sp³-hybridized carbons (Fsp3) is 0.250. The zero-order valence-electron chi connectivity index (χ0n) is 9.68. The maximum atomic E-state index is 12.5. The predicted octanol–water partition coefficient (Wildman–Crippen LogP) is 3.55. The molecule has 0 spiro atoms. The molecule has 0 atom stereocenters. The number of furan rings is 1. The second kappa shape index (κ2) is 5.48. The summed E-state index contributed by atoms with van der Waals surface area (Å²) >= 11 is 1.37. The van der Waals surface area contributed by atoms with E-state index >= 15 is 0 Å². The molecular formula is C12H10F3NO2S. The van der Waals surface area contributed by atoms with Crippen molar-refractivity contribution in [1.29, 1.82) is 0 Å². The number of nitrogens with zero attached hydrogens (tertiary/aromatic N) is 1. The molecule has 0 N–H and O–H groups in total. The van der Waals surface area contributed by atoms with Crippen LogP contribution in [0.4, 0.5) is 13.2 Å². The van der Waals surface area contributed by atoms with E-state index in [1.165, 1.54) is 29.7 Å². The van der Waals surface area contributed by atoms with Gasteiger partial charge in [0.05, 0.1) is 6.26 Å². The van der Waals surface area contributed by atoms with E-state index in [1.807, 2.05) is 0 Å². The van der Waals surface area contributed by atoms with Crippen LogP contribution >= 0.6 is 11.3 Å². The van der Waals surface area contributed by atoms with Crippen LogP contribution in [0.15, 0.2) is 39.6 Å². The predicted molar refractivity (Wildman–Crippen MR) is 63.8 cm³/mol. The Balaban J connectivity index is 2.16. The number of amides is 1. The molecule has 0 saturated heterocycles. The summed E-state index contributed by atoms with van der Waals surface area (Å²) in [6.45, 7) is -1.40. The Hall–Kier alpha value is -1.76. The summed E-state index contributed by atoms with van der Waals surface area (Å²) in [7, 11) is 0. The molecule has 0 unspecified atom stereocenters. The number of hydrogen-bond acceptors (Lipinski definition) is 3. The molecule has 0 aliphatic heterocycles. The lowest BCUT2D eigenvalue weighted by Crippen LogP contribution is -2.38. The first-order chi connectivity index (χ1) is 8.96. The number of carbonyl (C=O) groups excluding carboxylic acids is 1. The van der Waals surface area contributed by atoms with Crippen LogP contribution in [0.2, 0.25) is 0 Å². The molecule has 7 heteroatoms. The van der Waals surface area contributed by atoms with Crippen LogP contribution in [0.25, 0.3) is 0 Å². The van der Waals surface area contributed by atoms with E-state index < -0.39 is 18.6 Å². The average Bonchev–Trinajstić information content (AvgIpc) is 2.98. The lowest BCUT2D eigenvalue weighted by atomic mass is 10.3. The molecule has 1 amide bonds. The SMILES string of the molecule is O=C(c1ccco1)N(Cc1ccsc1)CC(F)(F)F. The van der Waals surface area contributed by atoms with Gasteiger partial charge in [-0.25, -0.2) is 0 Å². The van der Waals surface area contributed by atoms with Crippen LogP contribution < -0.4 is 0 Å². The highest BCUT2D eigenvalue weighted by molar-refractivity contribution is 7.07. The van der Waals surface area contributed by atoms with Crippen molar-refractivity contribution in [3.63, 3.8) is 0 Å². The van der Waals surface area contributed by atoms with E-state index in [0.717, 1.165) is 4.90 Å². The van der Waals surface area contributed by atoms with Crippen LogP contribution in [-0.2, 0) is 6.54 Å². The van der Waals surface area contributed by atoms with Gasteiger partial charge in [-0.15, -0.1) is 0 Å². The Labute approximate surface area is 111 Å². The molecule has 2 rings (SSSR count). The van der Waals surface area contributed by atoms with Gasteiger partial charge < -0.3 is 9.32 Å². The molecule has 19 heavy (non-hydrogen) atoms. The maximum absolute atomic E-state index is 12.5. The van der Waals surface area contributed by atoms with Crippen molar-refractivity contribution in [3.8, 4) is 0 Å². The van der Waals surface area contributed by atoms with E-state index in [4.69, 9.17) is 4.42 Å². The molecule has 0 fully saturated rings. The normalized spacial score (nSPS) is 11.5. The third-order valence-electron chi connectivity index (χ3n) is 2.34. The van der Waals surface area contributed by atoms with Gasteiger partial charge in [0.15, 0.2) is 5.76 Å². The smallest absolute Gasteiger partial charge is 0.406 e. The summed E-state index contributed by atoms with van der Waals surface area (Å²) < 4.78 is 42.4. The lowest BCUT2D eigenvalue weighted by molar-refractivity contribution is -0.141. The molecule has 3 nitrogen and oxygen atoms in total. The lowest BCUT2D eigenvalue weighted by Gasteiger charge is -2.22. The molecule has 0 saturated carbocycles. The van der Waals surface area contributed by atoms with Crippen molar-refractivity contribution in [3.05, 3.63) is 46.5 Å². The highest BCUT2D eigenvalue weighted by atomic mass is 32.1. The molecule has 0 aromatic carbocycles. The molecular weight excluding hydrogens is 279 g/mol. The van der Waals surface area contributed by atoms with Crippen molar-refractivity contribution in [1.82, 2.24) is 4.90 Å². The summed E-state index contributed by atoms with van der Waals surface area (Å²) in [4.78, 5) is 12.7. The molecule has 2 aromatic heterocycles. The van der Waals surface area contributed by atoms with Crippen molar-refractivity contribution in [2.75, 3.05) is 6.54 Å². The van der Waals surface area contributed by atoms with E-state index in [-0.39, 0.29) is 12.3 Å². The Morgan fingerprint density at radius 3 is 2.68 bits per heavy atom. The van der Waals surface area contributed by atoms with Gasteiger partial charge in [-0.2, -0.15) is 24.5 Å². The number of hydrogen-bond donors (Lipinski definition) is 0. The molecule has 102 valence electrons. The quantitative estimate of drug-likeness (QED) is 0.862. The number of rotatable bonds is 4. The second-order valence-electron chi connectivity index (χ2n) is 3.89. The van der Waals surface area contributed by atoms with Gasteiger partial charge >= 0.3 is 6.18 Å². The molecule has 0 aliphatic carbocycles. The van der Waals surface area contributed by atoms with Crippen LogP contribution in [-0.4, -0.2) is 23.5 Å². The van der Waals surface area contributed by atoms with Gasteiger partial charge in [-0.1, -0.05) is 0 Å². The minimum atomic E-state index is -4.45. The largest absolute Gasteiger partial charge is 0.459 e. The van der Waals surface area contributed by atoms with Crippen LogP contribution in [0.5, 0.6) is 0 Å². The Morgan fingerprint density at radius 1 is 1.37 bits per heavy atom. The number of halogens is 3. The summed E-state index contributed by atoms with van der Waals surface area (Å²) in [5.74, 6) is -0.868. The molecule has 2 heterocycles. The molecule has 0 radical (unpaired) electrons. The van der Waals surface area contributed by atoms with Crippen LogP contribution in [0.3, 0.4) is 0 Å².